The summed E-state index contributed by atoms with van der Waals surface area (Å²) in [5.74, 6) is -10.4. The molecular weight excluding hydrogens is 283 g/mol. The third-order valence-electron chi connectivity index (χ3n) is 3.04. The fourth-order valence-electron chi connectivity index (χ4n) is 2.03. The van der Waals surface area contributed by atoms with E-state index in [4.69, 9.17) is 0 Å². The number of anilines is 1. The number of hydrogen-bond donors (Lipinski definition) is 2. The third-order valence-corrected chi connectivity index (χ3v) is 3.04. The van der Waals surface area contributed by atoms with Gasteiger partial charge in [-0.2, -0.15) is 0 Å². The number of rotatable bonds is 2. The largest absolute Gasteiger partial charge is 0.377 e. The molecule has 1 aliphatic rings. The lowest BCUT2D eigenvalue weighted by Gasteiger charge is -2.18. The van der Waals surface area contributed by atoms with Crippen molar-refractivity contribution in [3.8, 4) is 0 Å². The molecule has 1 fully saturated rings. The molecule has 0 radical (unpaired) electrons. The first-order chi connectivity index (χ1) is 9.41. The van der Waals surface area contributed by atoms with Crippen LogP contribution in [0.2, 0.25) is 0 Å². The standard InChI is InChI=1S/C12H11F5N2O/c13-7-8(14)10(16)12(11(17)9(7)15)19-5-2-1-3-18-6(20)4-5/h5,19H,1-4H2,(H,18,20). The second-order valence-corrected chi connectivity index (χ2v) is 4.48. The van der Waals surface area contributed by atoms with Crippen LogP contribution in [0, 0.1) is 29.1 Å². The highest BCUT2D eigenvalue weighted by Gasteiger charge is 2.28. The van der Waals surface area contributed by atoms with Crippen LogP contribution in [0.1, 0.15) is 19.3 Å². The van der Waals surface area contributed by atoms with E-state index in [2.05, 4.69) is 10.6 Å². The zero-order valence-electron chi connectivity index (χ0n) is 10.2. The van der Waals surface area contributed by atoms with Gasteiger partial charge in [0.25, 0.3) is 0 Å². The van der Waals surface area contributed by atoms with Gasteiger partial charge >= 0.3 is 0 Å². The van der Waals surface area contributed by atoms with Gasteiger partial charge in [0.1, 0.15) is 5.69 Å². The predicted molar refractivity (Wildman–Crippen MR) is 60.5 cm³/mol. The Bertz CT molecular complexity index is 520. The SMILES string of the molecule is O=C1CC(Nc2c(F)c(F)c(F)c(F)c2F)CCCN1. The second kappa shape index (κ2) is 5.64. The normalized spacial score (nSPS) is 19.4. The summed E-state index contributed by atoms with van der Waals surface area (Å²) < 4.78 is 65.9. The number of nitrogens with one attached hydrogen (secondary N) is 2. The minimum atomic E-state index is -2.20. The summed E-state index contributed by atoms with van der Waals surface area (Å²) in [7, 11) is 0. The van der Waals surface area contributed by atoms with Crippen molar-refractivity contribution in [2.45, 2.75) is 25.3 Å². The van der Waals surface area contributed by atoms with Crippen LogP contribution in [-0.2, 0) is 4.79 Å². The first-order valence-electron chi connectivity index (χ1n) is 5.96. The topological polar surface area (TPSA) is 41.1 Å². The number of amides is 1. The first kappa shape index (κ1) is 14.5. The number of halogens is 5. The zero-order chi connectivity index (χ0) is 14.9. The van der Waals surface area contributed by atoms with Crippen molar-refractivity contribution in [3.05, 3.63) is 29.1 Å². The fraction of sp³-hybridized carbons (Fsp3) is 0.417. The molecule has 110 valence electrons. The van der Waals surface area contributed by atoms with Gasteiger partial charge in [-0.05, 0) is 12.8 Å². The van der Waals surface area contributed by atoms with Crippen LogP contribution in [0.3, 0.4) is 0 Å². The lowest BCUT2D eigenvalue weighted by Crippen LogP contribution is -2.27. The van der Waals surface area contributed by atoms with E-state index in [0.717, 1.165) is 0 Å². The summed E-state index contributed by atoms with van der Waals surface area (Å²) in [5, 5.41) is 4.79. The molecule has 20 heavy (non-hydrogen) atoms. The predicted octanol–water partition coefficient (Wildman–Crippen LogP) is 2.46. The van der Waals surface area contributed by atoms with Crippen molar-refractivity contribution in [3.63, 3.8) is 0 Å². The van der Waals surface area contributed by atoms with E-state index < -0.39 is 40.8 Å². The molecule has 2 rings (SSSR count). The van der Waals surface area contributed by atoms with Crippen LogP contribution in [0.15, 0.2) is 0 Å². The van der Waals surface area contributed by atoms with Crippen LogP contribution < -0.4 is 10.6 Å². The second-order valence-electron chi connectivity index (χ2n) is 4.48. The van der Waals surface area contributed by atoms with Crippen LogP contribution in [0.4, 0.5) is 27.6 Å². The first-order valence-corrected chi connectivity index (χ1v) is 5.96. The van der Waals surface area contributed by atoms with Crippen LogP contribution in [0.5, 0.6) is 0 Å². The van der Waals surface area contributed by atoms with Crippen LogP contribution >= 0.6 is 0 Å². The molecule has 1 unspecified atom stereocenters. The molecule has 8 heteroatoms. The molecule has 0 aromatic heterocycles. The van der Waals surface area contributed by atoms with E-state index in [-0.39, 0.29) is 12.3 Å². The Morgan fingerprint density at radius 2 is 1.50 bits per heavy atom. The van der Waals surface area contributed by atoms with Crippen LogP contribution in [-0.4, -0.2) is 18.5 Å². The van der Waals surface area contributed by atoms with Crippen molar-refractivity contribution in [1.82, 2.24) is 5.32 Å². The van der Waals surface area contributed by atoms with Gasteiger partial charge in [0.2, 0.25) is 11.7 Å². The molecule has 3 nitrogen and oxygen atoms in total. The Morgan fingerprint density at radius 1 is 0.950 bits per heavy atom. The van der Waals surface area contributed by atoms with E-state index >= 15 is 0 Å². The summed E-state index contributed by atoms with van der Waals surface area (Å²) in [6, 6.07) is -0.689. The van der Waals surface area contributed by atoms with E-state index in [1.54, 1.807) is 0 Å². The van der Waals surface area contributed by atoms with Crippen molar-refractivity contribution in [2.75, 3.05) is 11.9 Å². The average Bonchev–Trinajstić information content (AvgIpc) is 2.63. The molecule has 0 aliphatic carbocycles. The molecule has 1 amide bonds. The van der Waals surface area contributed by atoms with Crippen molar-refractivity contribution in [1.29, 1.82) is 0 Å². The summed E-state index contributed by atoms with van der Waals surface area (Å²) in [6.07, 6.45) is 0.816. The Labute approximate surface area is 111 Å². The van der Waals surface area contributed by atoms with Gasteiger partial charge < -0.3 is 10.6 Å². The Hall–Kier alpha value is -1.86. The average molecular weight is 294 g/mol. The van der Waals surface area contributed by atoms with E-state index in [1.807, 2.05) is 0 Å². The molecule has 1 atom stereocenters. The minimum Gasteiger partial charge on any atom is -0.377 e. The lowest BCUT2D eigenvalue weighted by atomic mass is 10.1. The third kappa shape index (κ3) is 2.68. The monoisotopic (exact) mass is 294 g/mol. The maximum absolute atomic E-state index is 13.5. The lowest BCUT2D eigenvalue weighted by molar-refractivity contribution is -0.120. The highest BCUT2D eigenvalue weighted by atomic mass is 19.2. The van der Waals surface area contributed by atoms with Gasteiger partial charge in [-0.3, -0.25) is 4.79 Å². The number of carbonyl (C=O) groups excluding carboxylic acids is 1. The van der Waals surface area contributed by atoms with E-state index in [0.29, 0.717) is 19.4 Å². The molecule has 2 N–H and O–H groups in total. The van der Waals surface area contributed by atoms with Crippen molar-refractivity contribution in [2.24, 2.45) is 0 Å². The van der Waals surface area contributed by atoms with Crippen molar-refractivity contribution < 1.29 is 26.7 Å². The van der Waals surface area contributed by atoms with Gasteiger partial charge in [-0.15, -0.1) is 0 Å². The molecule has 1 saturated heterocycles. The summed E-state index contributed by atoms with van der Waals surface area (Å²) in [4.78, 5) is 11.3. The van der Waals surface area contributed by atoms with Gasteiger partial charge in [0.05, 0.1) is 0 Å². The Morgan fingerprint density at radius 3 is 2.10 bits per heavy atom. The molecule has 0 bridgehead atoms. The van der Waals surface area contributed by atoms with Gasteiger partial charge in [0, 0.05) is 19.0 Å². The Balaban J connectivity index is 2.31. The highest BCUT2D eigenvalue weighted by Crippen LogP contribution is 2.28. The van der Waals surface area contributed by atoms with Gasteiger partial charge in [-0.1, -0.05) is 0 Å². The van der Waals surface area contributed by atoms with Gasteiger partial charge in [0.15, 0.2) is 23.3 Å². The summed E-state index contributed by atoms with van der Waals surface area (Å²) in [6.45, 7) is 0.411. The highest BCUT2D eigenvalue weighted by molar-refractivity contribution is 5.77. The molecule has 0 spiro atoms. The smallest absolute Gasteiger partial charge is 0.222 e. The quantitative estimate of drug-likeness (QED) is 0.500. The number of hydrogen-bond acceptors (Lipinski definition) is 2. The molecular formula is C12H11F5N2O. The van der Waals surface area contributed by atoms with Crippen LogP contribution in [0.25, 0.3) is 0 Å². The summed E-state index contributed by atoms with van der Waals surface area (Å²) in [5.41, 5.74) is -1.10. The summed E-state index contributed by atoms with van der Waals surface area (Å²) >= 11 is 0. The minimum absolute atomic E-state index is 0.0977. The van der Waals surface area contributed by atoms with Gasteiger partial charge in [-0.25, -0.2) is 22.0 Å². The maximum Gasteiger partial charge on any atom is 0.222 e. The molecule has 1 aliphatic heterocycles. The van der Waals surface area contributed by atoms with E-state index in [1.165, 1.54) is 0 Å². The van der Waals surface area contributed by atoms with E-state index in [9.17, 15) is 26.7 Å². The number of carbonyl (C=O) groups is 1. The maximum atomic E-state index is 13.5. The molecule has 1 aromatic carbocycles. The zero-order valence-corrected chi connectivity index (χ0v) is 10.2. The molecule has 1 aromatic rings. The molecule has 0 saturated carbocycles. The van der Waals surface area contributed by atoms with Crippen molar-refractivity contribution >= 4 is 11.6 Å². The fourth-order valence-corrected chi connectivity index (χ4v) is 2.03. The molecule has 1 heterocycles. The number of benzene rings is 1. The Kier molecular flexibility index (Phi) is 4.10.